The van der Waals surface area contributed by atoms with Gasteiger partial charge in [0.2, 0.25) is 6.10 Å². The maximum absolute atomic E-state index is 12.0. The summed E-state index contributed by atoms with van der Waals surface area (Å²) in [6.45, 7) is 0. The number of hydrogen-bond donors (Lipinski definition) is 1. The Kier molecular flexibility index (Phi) is 3.76. The van der Waals surface area contributed by atoms with Crippen molar-refractivity contribution in [3.8, 4) is 0 Å². The summed E-state index contributed by atoms with van der Waals surface area (Å²) in [5.41, 5.74) is 0.952. The second-order valence-corrected chi connectivity index (χ2v) is 5.03. The zero-order valence-electron chi connectivity index (χ0n) is 11.8. The number of nitro benzene ring substituents is 1. The van der Waals surface area contributed by atoms with E-state index in [-0.39, 0.29) is 5.69 Å². The van der Waals surface area contributed by atoms with Crippen molar-refractivity contribution in [2.75, 3.05) is 0 Å². The highest BCUT2D eigenvalue weighted by molar-refractivity contribution is 5.95. The summed E-state index contributed by atoms with van der Waals surface area (Å²) in [5, 5.41) is 13.3. The second-order valence-electron chi connectivity index (χ2n) is 5.03. The third-order valence-electron chi connectivity index (χ3n) is 3.57. The van der Waals surface area contributed by atoms with Crippen LogP contribution in [0.4, 0.5) is 5.69 Å². The van der Waals surface area contributed by atoms with Gasteiger partial charge in [-0.05, 0) is 29.8 Å². The zero-order chi connectivity index (χ0) is 16.4. The molecule has 7 heteroatoms. The number of carbonyl (C=O) groups is 2. The third-order valence-corrected chi connectivity index (χ3v) is 3.57. The first-order valence-electron chi connectivity index (χ1n) is 6.87. The van der Waals surface area contributed by atoms with Crippen LogP contribution in [0.5, 0.6) is 0 Å². The molecule has 0 unspecified atom stereocenters. The van der Waals surface area contributed by atoms with Gasteiger partial charge in [-0.25, -0.2) is 4.79 Å². The average Bonchev–Trinajstić information content (AvgIpc) is 2.58. The van der Waals surface area contributed by atoms with Gasteiger partial charge in [-0.1, -0.05) is 18.2 Å². The Morgan fingerprint density at radius 3 is 2.30 bits per heavy atom. The van der Waals surface area contributed by atoms with Gasteiger partial charge in [0.1, 0.15) is 6.04 Å². The Balaban J connectivity index is 1.73. The number of carbonyl (C=O) groups excluding carboxylic acids is 2. The minimum atomic E-state index is -0.941. The van der Waals surface area contributed by atoms with Gasteiger partial charge >= 0.3 is 5.97 Å². The molecule has 1 aliphatic heterocycles. The van der Waals surface area contributed by atoms with Crippen molar-refractivity contribution in [3.63, 3.8) is 0 Å². The molecule has 0 saturated carbocycles. The minimum Gasteiger partial charge on any atom is -0.446 e. The van der Waals surface area contributed by atoms with E-state index >= 15 is 0 Å². The molecular formula is C16H12N2O5. The van der Waals surface area contributed by atoms with E-state index < -0.39 is 28.9 Å². The highest BCUT2D eigenvalue weighted by Crippen LogP contribution is 2.29. The van der Waals surface area contributed by atoms with Crippen molar-refractivity contribution in [3.05, 3.63) is 75.8 Å². The molecule has 116 valence electrons. The van der Waals surface area contributed by atoms with Crippen LogP contribution in [0.15, 0.2) is 54.6 Å². The molecule has 7 nitrogen and oxygen atoms in total. The highest BCUT2D eigenvalue weighted by atomic mass is 16.6. The Bertz CT molecular complexity index is 758. The first kappa shape index (κ1) is 14.7. The number of rotatable bonds is 4. The monoisotopic (exact) mass is 312 g/mol. The lowest BCUT2D eigenvalue weighted by Crippen LogP contribution is -2.57. The van der Waals surface area contributed by atoms with E-state index in [0.29, 0.717) is 11.1 Å². The number of hydrogen-bond acceptors (Lipinski definition) is 5. The number of nitrogens with zero attached hydrogens (tertiary/aromatic N) is 1. The number of β-lactam (4-membered cyclic amide) rings is 1. The first-order valence-corrected chi connectivity index (χ1v) is 6.87. The lowest BCUT2D eigenvalue weighted by atomic mass is 9.93. The highest BCUT2D eigenvalue weighted by Gasteiger charge is 2.43. The van der Waals surface area contributed by atoms with Crippen LogP contribution in [0.25, 0.3) is 0 Å². The fraction of sp³-hybridized carbons (Fsp3) is 0.125. The third kappa shape index (κ3) is 2.89. The molecule has 2 aromatic rings. The van der Waals surface area contributed by atoms with Crippen molar-refractivity contribution in [2.24, 2.45) is 0 Å². The van der Waals surface area contributed by atoms with E-state index in [1.165, 1.54) is 24.3 Å². The molecule has 2 atom stereocenters. The number of nitro groups is 1. The summed E-state index contributed by atoms with van der Waals surface area (Å²) in [6.07, 6.45) is -0.941. The second kappa shape index (κ2) is 5.88. The van der Waals surface area contributed by atoms with Gasteiger partial charge in [0, 0.05) is 12.1 Å². The normalized spacial score (nSPS) is 19.4. The van der Waals surface area contributed by atoms with Gasteiger partial charge in [-0.3, -0.25) is 14.9 Å². The van der Waals surface area contributed by atoms with Crippen molar-refractivity contribution in [1.82, 2.24) is 5.32 Å². The fourth-order valence-electron chi connectivity index (χ4n) is 2.31. The van der Waals surface area contributed by atoms with E-state index in [1.807, 2.05) is 0 Å². The molecule has 1 N–H and O–H groups in total. The molecule has 1 fully saturated rings. The van der Waals surface area contributed by atoms with Gasteiger partial charge in [0.05, 0.1) is 10.5 Å². The van der Waals surface area contributed by atoms with Crippen LogP contribution in [0.2, 0.25) is 0 Å². The number of esters is 1. The minimum absolute atomic E-state index is 0.0442. The van der Waals surface area contributed by atoms with Crippen molar-refractivity contribution in [2.45, 2.75) is 12.1 Å². The maximum atomic E-state index is 12.0. The predicted octanol–water partition coefficient (Wildman–Crippen LogP) is 1.99. The Morgan fingerprint density at radius 2 is 1.74 bits per heavy atom. The molecule has 23 heavy (non-hydrogen) atoms. The van der Waals surface area contributed by atoms with Gasteiger partial charge in [0.15, 0.2) is 0 Å². The topological polar surface area (TPSA) is 98.5 Å². The molecule has 2 aromatic carbocycles. The van der Waals surface area contributed by atoms with Crippen molar-refractivity contribution >= 4 is 17.6 Å². The molecule has 1 saturated heterocycles. The van der Waals surface area contributed by atoms with E-state index in [9.17, 15) is 19.7 Å². The number of benzene rings is 2. The fourth-order valence-corrected chi connectivity index (χ4v) is 2.31. The first-order chi connectivity index (χ1) is 11.1. The van der Waals surface area contributed by atoms with Gasteiger partial charge in [-0.2, -0.15) is 0 Å². The van der Waals surface area contributed by atoms with Crippen LogP contribution >= 0.6 is 0 Å². The SMILES string of the molecule is O=C(O[C@@H]1C(=O)N[C@H]1c1ccc([N+](=O)[O-])cc1)c1ccccc1. The maximum Gasteiger partial charge on any atom is 0.338 e. The van der Waals surface area contributed by atoms with Crippen molar-refractivity contribution < 1.29 is 19.2 Å². The summed E-state index contributed by atoms with van der Waals surface area (Å²) < 4.78 is 5.24. The number of ether oxygens (including phenoxy) is 1. The summed E-state index contributed by atoms with van der Waals surface area (Å²) in [4.78, 5) is 33.8. The van der Waals surface area contributed by atoms with E-state index in [0.717, 1.165) is 0 Å². The summed E-state index contributed by atoms with van der Waals surface area (Å²) in [7, 11) is 0. The van der Waals surface area contributed by atoms with Crippen LogP contribution in [0.3, 0.4) is 0 Å². The summed E-state index contributed by atoms with van der Waals surface area (Å²) in [5.74, 6) is -0.977. The quantitative estimate of drug-likeness (QED) is 0.403. The standard InChI is InChI=1S/C16H12N2O5/c19-15-14(23-16(20)11-4-2-1-3-5-11)13(17-15)10-6-8-12(9-7-10)18(21)22/h1-9,13-14H,(H,17,19)/t13-,14-/m0/s1. The molecule has 0 aliphatic carbocycles. The Labute approximate surface area is 131 Å². The van der Waals surface area contributed by atoms with Crippen LogP contribution in [-0.4, -0.2) is 22.9 Å². The molecule has 0 bridgehead atoms. The molecule has 0 spiro atoms. The summed E-state index contributed by atoms with van der Waals surface area (Å²) in [6, 6.07) is 13.6. The van der Waals surface area contributed by atoms with Gasteiger partial charge in [0.25, 0.3) is 11.6 Å². The number of non-ortho nitro benzene ring substituents is 1. The molecule has 1 heterocycles. The average molecular weight is 312 g/mol. The van der Waals surface area contributed by atoms with Crippen molar-refractivity contribution in [1.29, 1.82) is 0 Å². The Hall–Kier alpha value is -3.22. The molecule has 1 aliphatic rings. The largest absolute Gasteiger partial charge is 0.446 e. The van der Waals surface area contributed by atoms with Gasteiger partial charge < -0.3 is 10.1 Å². The van der Waals surface area contributed by atoms with Crippen LogP contribution in [-0.2, 0) is 9.53 Å². The molecular weight excluding hydrogens is 300 g/mol. The smallest absolute Gasteiger partial charge is 0.338 e. The number of amides is 1. The Morgan fingerprint density at radius 1 is 1.09 bits per heavy atom. The molecule has 1 amide bonds. The predicted molar refractivity (Wildman–Crippen MR) is 79.6 cm³/mol. The zero-order valence-corrected chi connectivity index (χ0v) is 11.8. The van der Waals surface area contributed by atoms with Crippen LogP contribution in [0.1, 0.15) is 22.0 Å². The lowest BCUT2D eigenvalue weighted by Gasteiger charge is -2.36. The van der Waals surface area contributed by atoms with Crippen LogP contribution < -0.4 is 5.32 Å². The van der Waals surface area contributed by atoms with E-state index in [1.54, 1.807) is 30.3 Å². The van der Waals surface area contributed by atoms with Crippen LogP contribution in [0, 0.1) is 10.1 Å². The number of nitrogens with one attached hydrogen (secondary N) is 1. The van der Waals surface area contributed by atoms with E-state index in [2.05, 4.69) is 5.32 Å². The van der Waals surface area contributed by atoms with E-state index in [4.69, 9.17) is 4.74 Å². The van der Waals surface area contributed by atoms with Gasteiger partial charge in [-0.15, -0.1) is 0 Å². The molecule has 3 rings (SSSR count). The molecule has 0 aromatic heterocycles. The molecule has 0 radical (unpaired) electrons. The lowest BCUT2D eigenvalue weighted by molar-refractivity contribution is -0.384. The summed E-state index contributed by atoms with van der Waals surface area (Å²) >= 11 is 0.